The fraction of sp³-hybridized carbons (Fsp3) is 0.214. The monoisotopic (exact) mass is 579 g/mol. The van der Waals surface area contributed by atoms with Crippen LogP contribution in [0.5, 0.6) is 17.2 Å². The Balaban J connectivity index is 1.59. The third-order valence-electron chi connectivity index (χ3n) is 5.89. The van der Waals surface area contributed by atoms with Gasteiger partial charge in [-0.25, -0.2) is 9.59 Å². The van der Waals surface area contributed by atoms with Gasteiger partial charge in [-0.05, 0) is 76.8 Å². The van der Waals surface area contributed by atoms with Crippen molar-refractivity contribution in [1.82, 2.24) is 14.8 Å². The third-order valence-corrected chi connectivity index (χ3v) is 6.51. The number of esters is 1. The summed E-state index contributed by atoms with van der Waals surface area (Å²) in [5, 5.41) is 4.04. The molecule has 1 atom stereocenters. The van der Waals surface area contributed by atoms with E-state index in [0.717, 1.165) is 14.7 Å². The molecule has 0 bridgehead atoms. The van der Waals surface area contributed by atoms with Gasteiger partial charge in [-0.2, -0.15) is 9.78 Å². The van der Waals surface area contributed by atoms with Crippen molar-refractivity contribution in [2.24, 2.45) is 0 Å². The van der Waals surface area contributed by atoms with Crippen LogP contribution in [0.3, 0.4) is 0 Å². The van der Waals surface area contributed by atoms with Gasteiger partial charge < -0.3 is 14.2 Å². The molecule has 0 saturated carbocycles. The molecule has 0 saturated heterocycles. The predicted octanol–water partition coefficient (Wildman–Crippen LogP) is 5.06. The molecule has 38 heavy (non-hydrogen) atoms. The first kappa shape index (κ1) is 26.9. The first-order valence-electron chi connectivity index (χ1n) is 11.8. The van der Waals surface area contributed by atoms with Gasteiger partial charge in [-0.3, -0.25) is 9.78 Å². The molecule has 3 aromatic carbocycles. The van der Waals surface area contributed by atoms with Gasteiger partial charge in [-0.15, -0.1) is 0 Å². The molecular formula is C28H26BrN3O6. The van der Waals surface area contributed by atoms with E-state index in [9.17, 15) is 14.4 Å². The molecule has 4 aromatic rings. The molecular weight excluding hydrogens is 554 g/mol. The number of nitrogens with zero attached hydrogens (tertiary/aromatic N) is 2. The van der Waals surface area contributed by atoms with Crippen molar-refractivity contribution in [2.75, 3.05) is 13.7 Å². The van der Waals surface area contributed by atoms with Crippen LogP contribution in [0.1, 0.15) is 40.0 Å². The van der Waals surface area contributed by atoms with Crippen molar-refractivity contribution in [3.05, 3.63) is 108 Å². The zero-order chi connectivity index (χ0) is 27.4. The highest BCUT2D eigenvalue weighted by molar-refractivity contribution is 9.10. The summed E-state index contributed by atoms with van der Waals surface area (Å²) in [6.07, 6.45) is 0. The van der Waals surface area contributed by atoms with Crippen LogP contribution in [-0.4, -0.2) is 34.5 Å². The molecule has 196 valence electrons. The number of carbonyl (C=O) groups excluding carboxylic acids is 1. The van der Waals surface area contributed by atoms with Gasteiger partial charge in [0.25, 0.3) is 5.56 Å². The highest BCUT2D eigenvalue weighted by atomic mass is 79.9. The summed E-state index contributed by atoms with van der Waals surface area (Å²) >= 11 is 3.44. The minimum absolute atomic E-state index is 0.0504. The number of hydrogen-bond acceptors (Lipinski definition) is 7. The van der Waals surface area contributed by atoms with Crippen LogP contribution in [0.25, 0.3) is 5.69 Å². The van der Waals surface area contributed by atoms with Gasteiger partial charge in [0.2, 0.25) is 5.69 Å². The lowest BCUT2D eigenvalue weighted by atomic mass is 10.0. The molecule has 1 unspecified atom stereocenters. The van der Waals surface area contributed by atoms with Crippen molar-refractivity contribution in [3.63, 3.8) is 0 Å². The van der Waals surface area contributed by atoms with Crippen molar-refractivity contribution in [1.29, 1.82) is 0 Å². The summed E-state index contributed by atoms with van der Waals surface area (Å²) < 4.78 is 18.4. The number of carbonyl (C=O) groups is 1. The normalized spacial score (nSPS) is 11.6. The highest BCUT2D eigenvalue weighted by Gasteiger charge is 2.20. The first-order valence-corrected chi connectivity index (χ1v) is 12.6. The number of benzene rings is 3. The first-order chi connectivity index (χ1) is 18.2. The summed E-state index contributed by atoms with van der Waals surface area (Å²) in [5.74, 6) is 0.854. The Hall–Kier alpha value is -4.18. The van der Waals surface area contributed by atoms with Gasteiger partial charge in [0.15, 0.2) is 0 Å². The van der Waals surface area contributed by atoms with E-state index < -0.39 is 22.9 Å². The van der Waals surface area contributed by atoms with Gasteiger partial charge >= 0.3 is 11.7 Å². The number of ether oxygens (including phenoxy) is 3. The lowest BCUT2D eigenvalue weighted by molar-refractivity contribution is 0.0473. The van der Waals surface area contributed by atoms with E-state index in [1.54, 1.807) is 37.4 Å². The lowest BCUT2D eigenvalue weighted by Gasteiger charge is -2.15. The van der Waals surface area contributed by atoms with E-state index in [-0.39, 0.29) is 12.5 Å². The van der Waals surface area contributed by atoms with Gasteiger partial charge in [0.1, 0.15) is 17.2 Å². The number of H-pyrrole nitrogens is 1. The Morgan fingerprint density at radius 1 is 1.05 bits per heavy atom. The molecule has 0 spiro atoms. The van der Waals surface area contributed by atoms with Gasteiger partial charge in [0.05, 0.1) is 23.9 Å². The number of halogens is 1. The third kappa shape index (κ3) is 5.86. The largest absolute Gasteiger partial charge is 0.496 e. The summed E-state index contributed by atoms with van der Waals surface area (Å²) in [6.45, 7) is 5.60. The quantitative estimate of drug-likeness (QED) is 0.290. The fourth-order valence-electron chi connectivity index (χ4n) is 3.89. The Morgan fingerprint density at radius 3 is 2.37 bits per heavy atom. The smallest absolute Gasteiger partial charge is 0.364 e. The topological polar surface area (TPSA) is 113 Å². The molecule has 1 heterocycles. The zero-order valence-electron chi connectivity index (χ0n) is 21.3. The maximum atomic E-state index is 12.7. The van der Waals surface area contributed by atoms with E-state index in [0.29, 0.717) is 34.1 Å². The number of methoxy groups -OCH3 is 1. The van der Waals surface area contributed by atoms with E-state index in [1.807, 2.05) is 51.1 Å². The van der Waals surface area contributed by atoms with Crippen molar-refractivity contribution in [3.8, 4) is 22.9 Å². The number of hydrogen-bond donors (Lipinski definition) is 1. The van der Waals surface area contributed by atoms with E-state index in [1.165, 1.54) is 0 Å². The number of nitrogens with one attached hydrogen (secondary N) is 1. The van der Waals surface area contributed by atoms with Crippen molar-refractivity contribution < 1.29 is 19.0 Å². The summed E-state index contributed by atoms with van der Waals surface area (Å²) in [5.41, 5.74) is 0.570. The Bertz CT molecular complexity index is 1570. The summed E-state index contributed by atoms with van der Waals surface area (Å²) in [7, 11) is 1.58. The number of aromatic amines is 1. The molecule has 0 aliphatic carbocycles. The highest BCUT2D eigenvalue weighted by Crippen LogP contribution is 2.34. The molecule has 1 N–H and O–H groups in total. The molecule has 0 radical (unpaired) electrons. The van der Waals surface area contributed by atoms with Crippen LogP contribution in [0.2, 0.25) is 0 Å². The van der Waals surface area contributed by atoms with Crippen molar-refractivity contribution >= 4 is 21.9 Å². The van der Waals surface area contributed by atoms with Crippen LogP contribution < -0.4 is 20.7 Å². The second-order valence-corrected chi connectivity index (χ2v) is 9.59. The lowest BCUT2D eigenvalue weighted by Crippen LogP contribution is -2.36. The van der Waals surface area contributed by atoms with Crippen LogP contribution in [0.15, 0.2) is 74.7 Å². The predicted molar refractivity (Wildman–Crippen MR) is 146 cm³/mol. The van der Waals surface area contributed by atoms with Crippen molar-refractivity contribution in [2.45, 2.75) is 26.7 Å². The van der Waals surface area contributed by atoms with Gasteiger partial charge in [0, 0.05) is 5.92 Å². The van der Waals surface area contributed by atoms with Crippen LogP contribution in [-0.2, 0) is 4.74 Å². The molecule has 9 nitrogen and oxygen atoms in total. The second kappa shape index (κ2) is 11.5. The summed E-state index contributed by atoms with van der Waals surface area (Å²) in [6, 6.07) is 18.2. The second-order valence-electron chi connectivity index (χ2n) is 8.74. The van der Waals surface area contributed by atoms with Crippen LogP contribution in [0, 0.1) is 13.8 Å². The Kier molecular flexibility index (Phi) is 8.11. The standard InChI is InChI=1S/C28H26BrN3O6/c1-16-12-20(13-17(2)25(16)38-21-10-11-23(36-4)22(29)14-21)32-28(35)30-26(33)24(31-32)27(34)37-15-18(3)19-8-6-5-7-9-19/h5-14,18H,15H2,1-4H3,(H,30,33,35). The molecule has 0 fully saturated rings. The molecule has 4 rings (SSSR count). The molecule has 0 amide bonds. The maximum absolute atomic E-state index is 12.7. The van der Waals surface area contributed by atoms with E-state index >= 15 is 0 Å². The average Bonchev–Trinajstić information content (AvgIpc) is 2.89. The molecule has 10 heteroatoms. The summed E-state index contributed by atoms with van der Waals surface area (Å²) in [4.78, 5) is 39.9. The number of aryl methyl sites for hydroxylation is 2. The Morgan fingerprint density at radius 2 is 1.74 bits per heavy atom. The molecule has 1 aromatic heterocycles. The maximum Gasteiger partial charge on any atom is 0.364 e. The molecule has 0 aliphatic heterocycles. The van der Waals surface area contributed by atoms with Crippen LogP contribution in [0.4, 0.5) is 0 Å². The minimum atomic E-state index is -0.915. The van der Waals surface area contributed by atoms with E-state index in [2.05, 4.69) is 26.0 Å². The SMILES string of the molecule is COc1ccc(Oc2c(C)cc(-n3nc(C(=O)OCC(C)c4ccccc4)c(=O)[nH]c3=O)cc2C)cc1Br. The fourth-order valence-corrected chi connectivity index (χ4v) is 4.41. The minimum Gasteiger partial charge on any atom is -0.496 e. The van der Waals surface area contributed by atoms with E-state index in [4.69, 9.17) is 14.2 Å². The Labute approximate surface area is 227 Å². The average molecular weight is 580 g/mol. The van der Waals surface area contributed by atoms with Crippen LogP contribution >= 0.6 is 15.9 Å². The van der Waals surface area contributed by atoms with Gasteiger partial charge in [-0.1, -0.05) is 37.3 Å². The molecule has 0 aliphatic rings. The number of rotatable bonds is 8. The number of aromatic nitrogens is 3. The zero-order valence-corrected chi connectivity index (χ0v) is 22.9.